The van der Waals surface area contributed by atoms with Gasteiger partial charge in [0.25, 0.3) is 5.91 Å². The highest BCUT2D eigenvalue weighted by atomic mass is 35.5. The maximum Gasteiger partial charge on any atom is 0.263 e. The van der Waals surface area contributed by atoms with E-state index in [4.69, 9.17) is 17.3 Å². The fraction of sp³-hybridized carbons (Fsp3) is 0.438. The van der Waals surface area contributed by atoms with Gasteiger partial charge >= 0.3 is 0 Å². The van der Waals surface area contributed by atoms with Crippen molar-refractivity contribution >= 4 is 44.6 Å². The molecular weight excluding hydrogens is 304 g/mol. The van der Waals surface area contributed by atoms with Crippen LogP contribution in [0.3, 0.4) is 0 Å². The fourth-order valence-corrected chi connectivity index (χ4v) is 4.20. The number of anilines is 1. The zero-order chi connectivity index (χ0) is 15.0. The van der Waals surface area contributed by atoms with Gasteiger partial charge in [-0.1, -0.05) is 31.4 Å². The number of carbonyl (C=O) groups excluding carboxylic acids is 1. The van der Waals surface area contributed by atoms with Crippen molar-refractivity contribution in [2.45, 2.75) is 38.6 Å². The lowest BCUT2D eigenvalue weighted by atomic mass is 9.86. The molecule has 1 saturated carbocycles. The van der Waals surface area contributed by atoms with E-state index < -0.39 is 0 Å². The van der Waals surface area contributed by atoms with Crippen molar-refractivity contribution in [2.24, 2.45) is 5.92 Å². The fourth-order valence-electron chi connectivity index (χ4n) is 3.02. The summed E-state index contributed by atoms with van der Waals surface area (Å²) in [6.07, 6.45) is 4.69. The molecule has 0 radical (unpaired) electrons. The van der Waals surface area contributed by atoms with E-state index in [1.807, 2.05) is 18.2 Å². The molecule has 0 spiro atoms. The minimum atomic E-state index is -0.0522. The van der Waals surface area contributed by atoms with Crippen LogP contribution in [0.1, 0.15) is 42.3 Å². The van der Waals surface area contributed by atoms with Gasteiger partial charge in [-0.05, 0) is 37.0 Å². The van der Waals surface area contributed by atoms with E-state index in [1.54, 1.807) is 0 Å². The molecule has 2 atom stereocenters. The first-order valence-electron chi connectivity index (χ1n) is 7.34. The van der Waals surface area contributed by atoms with Gasteiger partial charge in [0.15, 0.2) is 0 Å². The summed E-state index contributed by atoms with van der Waals surface area (Å²) in [4.78, 5) is 13.1. The number of nitrogens with two attached hydrogens (primary N) is 1. The molecule has 3 rings (SSSR count). The van der Waals surface area contributed by atoms with Crippen molar-refractivity contribution in [1.82, 2.24) is 5.32 Å². The van der Waals surface area contributed by atoms with E-state index in [1.165, 1.54) is 30.6 Å². The molecule has 1 heterocycles. The topological polar surface area (TPSA) is 55.1 Å². The van der Waals surface area contributed by atoms with Gasteiger partial charge in [0.2, 0.25) is 0 Å². The minimum absolute atomic E-state index is 0.0522. The summed E-state index contributed by atoms with van der Waals surface area (Å²) in [5.74, 6) is 0.483. The van der Waals surface area contributed by atoms with Crippen LogP contribution >= 0.6 is 22.9 Å². The first-order valence-corrected chi connectivity index (χ1v) is 8.54. The highest BCUT2D eigenvalue weighted by molar-refractivity contribution is 7.21. The normalized spacial score (nSPS) is 22.4. The number of amides is 1. The molecule has 112 valence electrons. The third-order valence-corrected chi connectivity index (χ3v) is 5.74. The molecule has 1 aromatic heterocycles. The highest BCUT2D eigenvalue weighted by Gasteiger charge is 2.25. The maximum atomic E-state index is 12.5. The van der Waals surface area contributed by atoms with Gasteiger partial charge in [-0.25, -0.2) is 0 Å². The summed E-state index contributed by atoms with van der Waals surface area (Å²) in [6, 6.07) is 5.83. The lowest BCUT2D eigenvalue weighted by Gasteiger charge is -2.29. The highest BCUT2D eigenvalue weighted by Crippen LogP contribution is 2.35. The summed E-state index contributed by atoms with van der Waals surface area (Å²) < 4.78 is 0.999. The minimum Gasteiger partial charge on any atom is -0.397 e. The standard InChI is InChI=1S/C16H19ClN2OS/c1-9-4-2-3-5-12(9)19-16(20)15-14(18)11-8-10(17)6-7-13(11)21-15/h6-9,12H,2-5,18H2,1H3,(H,19,20). The molecule has 2 aromatic rings. The largest absolute Gasteiger partial charge is 0.397 e. The van der Waals surface area contributed by atoms with Gasteiger partial charge in [-0.15, -0.1) is 11.3 Å². The summed E-state index contributed by atoms with van der Waals surface area (Å²) in [6.45, 7) is 2.21. The molecule has 1 aliphatic rings. The van der Waals surface area contributed by atoms with Crippen molar-refractivity contribution < 1.29 is 4.79 Å². The Morgan fingerprint density at radius 1 is 1.38 bits per heavy atom. The first-order chi connectivity index (χ1) is 10.1. The second-order valence-corrected chi connectivity index (χ2v) is 7.32. The molecule has 0 bridgehead atoms. The van der Waals surface area contributed by atoms with Gasteiger partial charge < -0.3 is 11.1 Å². The molecule has 3 nitrogen and oxygen atoms in total. The molecule has 1 amide bonds. The van der Waals surface area contributed by atoms with Crippen molar-refractivity contribution in [1.29, 1.82) is 0 Å². The second-order valence-electron chi connectivity index (χ2n) is 5.83. The molecule has 0 aliphatic heterocycles. The summed E-state index contributed by atoms with van der Waals surface area (Å²) in [7, 11) is 0. The number of fused-ring (bicyclic) bond motifs is 1. The van der Waals surface area contributed by atoms with Gasteiger partial charge in [0.05, 0.1) is 5.69 Å². The number of carbonyl (C=O) groups is 1. The predicted octanol–water partition coefficient (Wildman–Crippen LogP) is 4.45. The predicted molar refractivity (Wildman–Crippen MR) is 90.1 cm³/mol. The number of thiophene rings is 1. The lowest BCUT2D eigenvalue weighted by Crippen LogP contribution is -2.40. The van der Waals surface area contributed by atoms with E-state index in [-0.39, 0.29) is 11.9 Å². The second kappa shape index (κ2) is 5.85. The first kappa shape index (κ1) is 14.7. The molecule has 2 unspecified atom stereocenters. The SMILES string of the molecule is CC1CCCCC1NC(=O)c1sc2ccc(Cl)cc2c1N. The summed E-state index contributed by atoms with van der Waals surface area (Å²) >= 11 is 7.44. The van der Waals surface area contributed by atoms with E-state index in [9.17, 15) is 4.79 Å². The summed E-state index contributed by atoms with van der Waals surface area (Å²) in [5, 5.41) is 4.67. The maximum absolute atomic E-state index is 12.5. The lowest BCUT2D eigenvalue weighted by molar-refractivity contribution is 0.0915. The number of hydrogen-bond acceptors (Lipinski definition) is 3. The Hall–Kier alpha value is -1.26. The van der Waals surface area contributed by atoms with Crippen molar-refractivity contribution in [3.05, 3.63) is 28.1 Å². The van der Waals surface area contributed by atoms with E-state index in [0.717, 1.165) is 16.5 Å². The molecule has 1 aliphatic carbocycles. The van der Waals surface area contributed by atoms with Crippen LogP contribution in [-0.2, 0) is 0 Å². The molecular formula is C16H19ClN2OS. The number of hydrogen-bond donors (Lipinski definition) is 2. The van der Waals surface area contributed by atoms with Crippen molar-refractivity contribution in [2.75, 3.05) is 5.73 Å². The number of nitrogens with one attached hydrogen (secondary N) is 1. The number of benzene rings is 1. The number of halogens is 1. The van der Waals surface area contributed by atoms with Crippen LogP contribution in [0, 0.1) is 5.92 Å². The van der Waals surface area contributed by atoms with Gasteiger partial charge in [0.1, 0.15) is 4.88 Å². The van der Waals surface area contributed by atoms with Crippen LogP contribution in [0.2, 0.25) is 5.02 Å². The number of rotatable bonds is 2. The Bertz CT molecular complexity index is 682. The molecule has 3 N–H and O–H groups in total. The van der Waals surface area contributed by atoms with Crippen LogP contribution in [0.25, 0.3) is 10.1 Å². The zero-order valence-corrected chi connectivity index (χ0v) is 13.6. The van der Waals surface area contributed by atoms with Crippen molar-refractivity contribution in [3.8, 4) is 0 Å². The Balaban J connectivity index is 1.86. The molecule has 1 aromatic carbocycles. The van der Waals surface area contributed by atoms with E-state index in [0.29, 0.717) is 21.5 Å². The smallest absolute Gasteiger partial charge is 0.263 e. The Morgan fingerprint density at radius 3 is 2.90 bits per heavy atom. The van der Waals surface area contributed by atoms with Crippen LogP contribution in [0.15, 0.2) is 18.2 Å². The van der Waals surface area contributed by atoms with Crippen LogP contribution < -0.4 is 11.1 Å². The van der Waals surface area contributed by atoms with Gasteiger partial charge in [-0.3, -0.25) is 4.79 Å². The van der Waals surface area contributed by atoms with Gasteiger partial charge in [0, 0.05) is 21.2 Å². The zero-order valence-electron chi connectivity index (χ0n) is 12.0. The molecule has 21 heavy (non-hydrogen) atoms. The van der Waals surface area contributed by atoms with Crippen molar-refractivity contribution in [3.63, 3.8) is 0 Å². The Labute approximate surface area is 133 Å². The molecule has 1 fully saturated rings. The third-order valence-electron chi connectivity index (χ3n) is 4.32. The van der Waals surface area contributed by atoms with Crippen LogP contribution in [0.5, 0.6) is 0 Å². The molecule has 5 heteroatoms. The number of nitrogen functional groups attached to an aromatic ring is 1. The Kier molecular flexibility index (Phi) is 4.09. The molecule has 0 saturated heterocycles. The quantitative estimate of drug-likeness (QED) is 0.858. The van der Waals surface area contributed by atoms with E-state index in [2.05, 4.69) is 12.2 Å². The average molecular weight is 323 g/mol. The van der Waals surface area contributed by atoms with E-state index >= 15 is 0 Å². The monoisotopic (exact) mass is 322 g/mol. The third kappa shape index (κ3) is 2.87. The average Bonchev–Trinajstić information content (AvgIpc) is 2.79. The van der Waals surface area contributed by atoms with Gasteiger partial charge in [-0.2, -0.15) is 0 Å². The van der Waals surface area contributed by atoms with Crippen LogP contribution in [0.4, 0.5) is 5.69 Å². The van der Waals surface area contributed by atoms with Crippen LogP contribution in [-0.4, -0.2) is 11.9 Å². The summed E-state index contributed by atoms with van der Waals surface area (Å²) in [5.41, 5.74) is 6.68. The Morgan fingerprint density at radius 2 is 2.14 bits per heavy atom.